The Balaban J connectivity index is 3.47. The molecule has 0 spiro atoms. The monoisotopic (exact) mass is 926 g/mol. The van der Waals surface area contributed by atoms with Gasteiger partial charge >= 0.3 is 5.97 Å². The van der Waals surface area contributed by atoms with Crippen molar-refractivity contribution >= 4 is 11.9 Å². The van der Waals surface area contributed by atoms with Crippen molar-refractivity contribution in [2.45, 2.75) is 309 Å². The SMILES string of the molecule is CCCCCC/C=C\C/C=C\CCCCCCCCCC(=O)OCCCCC/C=C\C=C/CCCCCCCCCCCCC(=O)NC(CO)C(O)CCCCCCCCCCCCCC. The molecule has 66 heavy (non-hydrogen) atoms. The third-order valence-corrected chi connectivity index (χ3v) is 13.1. The first kappa shape index (κ1) is 63.8. The van der Waals surface area contributed by atoms with Crippen LogP contribution in [-0.2, 0) is 14.3 Å². The van der Waals surface area contributed by atoms with E-state index in [0.717, 1.165) is 77.0 Å². The van der Waals surface area contributed by atoms with Crippen LogP contribution in [0.15, 0.2) is 48.6 Å². The number of rotatable bonds is 53. The van der Waals surface area contributed by atoms with Gasteiger partial charge in [-0.15, -0.1) is 0 Å². The number of ether oxygens (including phenoxy) is 1. The van der Waals surface area contributed by atoms with Crippen LogP contribution < -0.4 is 5.32 Å². The number of esters is 1. The molecule has 0 radical (unpaired) electrons. The van der Waals surface area contributed by atoms with Crippen LogP contribution >= 0.6 is 0 Å². The summed E-state index contributed by atoms with van der Waals surface area (Å²) in [4.78, 5) is 24.5. The van der Waals surface area contributed by atoms with Crippen molar-refractivity contribution in [1.82, 2.24) is 5.32 Å². The molecule has 2 atom stereocenters. The zero-order chi connectivity index (χ0) is 47.9. The van der Waals surface area contributed by atoms with Crippen LogP contribution in [0.5, 0.6) is 0 Å². The topological polar surface area (TPSA) is 95.9 Å². The number of allylic oxidation sites excluding steroid dienone is 8. The van der Waals surface area contributed by atoms with Gasteiger partial charge in [0, 0.05) is 12.8 Å². The Morgan fingerprint density at radius 2 is 0.803 bits per heavy atom. The van der Waals surface area contributed by atoms with E-state index in [1.54, 1.807) is 0 Å². The molecule has 0 aromatic rings. The minimum Gasteiger partial charge on any atom is -0.466 e. The van der Waals surface area contributed by atoms with E-state index >= 15 is 0 Å². The number of amides is 1. The molecule has 0 rings (SSSR count). The summed E-state index contributed by atoms with van der Waals surface area (Å²) in [5.74, 6) is -0.0673. The van der Waals surface area contributed by atoms with E-state index in [1.165, 1.54) is 186 Å². The summed E-state index contributed by atoms with van der Waals surface area (Å²) < 4.78 is 5.46. The lowest BCUT2D eigenvalue weighted by Gasteiger charge is -2.22. The zero-order valence-electron chi connectivity index (χ0n) is 43.9. The maximum absolute atomic E-state index is 12.4. The number of aliphatic hydroxyl groups is 2. The average Bonchev–Trinajstić information content (AvgIpc) is 3.32. The molecular weight excluding hydrogens is 815 g/mol. The molecule has 3 N–H and O–H groups in total. The highest BCUT2D eigenvalue weighted by atomic mass is 16.5. The van der Waals surface area contributed by atoms with E-state index in [4.69, 9.17) is 4.74 Å². The second kappa shape index (κ2) is 55.4. The van der Waals surface area contributed by atoms with Crippen molar-refractivity contribution < 1.29 is 24.5 Å². The molecule has 0 aromatic carbocycles. The van der Waals surface area contributed by atoms with Crippen molar-refractivity contribution in [3.8, 4) is 0 Å². The first-order chi connectivity index (χ1) is 32.5. The molecule has 1 amide bonds. The summed E-state index contributed by atoms with van der Waals surface area (Å²) in [5, 5.41) is 23.2. The zero-order valence-corrected chi connectivity index (χ0v) is 43.9. The van der Waals surface area contributed by atoms with Crippen molar-refractivity contribution in [3.05, 3.63) is 48.6 Å². The van der Waals surface area contributed by atoms with Gasteiger partial charge in [-0.25, -0.2) is 0 Å². The Morgan fingerprint density at radius 3 is 1.26 bits per heavy atom. The average molecular weight is 927 g/mol. The van der Waals surface area contributed by atoms with Gasteiger partial charge in [-0.1, -0.05) is 242 Å². The van der Waals surface area contributed by atoms with Crippen molar-refractivity contribution in [2.75, 3.05) is 13.2 Å². The summed E-state index contributed by atoms with van der Waals surface area (Å²) >= 11 is 0. The van der Waals surface area contributed by atoms with Gasteiger partial charge in [0.25, 0.3) is 0 Å². The molecule has 0 aliphatic rings. The number of unbranched alkanes of at least 4 members (excludes halogenated alkanes) is 35. The van der Waals surface area contributed by atoms with E-state index in [0.29, 0.717) is 25.9 Å². The molecule has 0 heterocycles. The molecular formula is C60H111NO5. The van der Waals surface area contributed by atoms with Gasteiger partial charge in [-0.2, -0.15) is 0 Å². The van der Waals surface area contributed by atoms with E-state index in [-0.39, 0.29) is 18.5 Å². The fraction of sp³-hybridized carbons (Fsp3) is 0.833. The molecule has 2 unspecified atom stereocenters. The van der Waals surface area contributed by atoms with Crippen LogP contribution in [0.1, 0.15) is 296 Å². The Bertz CT molecular complexity index is 1110. The Labute approximate surface area is 410 Å². The molecule has 0 saturated carbocycles. The first-order valence-corrected chi connectivity index (χ1v) is 28.9. The largest absolute Gasteiger partial charge is 0.466 e. The Morgan fingerprint density at radius 1 is 0.439 bits per heavy atom. The fourth-order valence-electron chi connectivity index (χ4n) is 8.66. The molecule has 386 valence electrons. The van der Waals surface area contributed by atoms with E-state index in [9.17, 15) is 19.8 Å². The number of carbonyl (C=O) groups excluding carboxylic acids is 2. The first-order valence-electron chi connectivity index (χ1n) is 28.9. The van der Waals surface area contributed by atoms with Crippen LogP contribution in [-0.4, -0.2) is 47.4 Å². The van der Waals surface area contributed by atoms with Crippen molar-refractivity contribution in [3.63, 3.8) is 0 Å². The van der Waals surface area contributed by atoms with Crippen LogP contribution in [0.25, 0.3) is 0 Å². The molecule has 6 nitrogen and oxygen atoms in total. The minimum absolute atomic E-state index is 0.0212. The number of carbonyl (C=O) groups is 2. The summed E-state index contributed by atoms with van der Waals surface area (Å²) in [6.45, 7) is 4.89. The molecule has 0 aliphatic heterocycles. The van der Waals surface area contributed by atoms with Gasteiger partial charge in [0.05, 0.1) is 25.4 Å². The standard InChI is InChI=1S/C60H111NO5/c1-3-5-7-9-11-13-15-17-18-19-24-27-30-34-38-42-46-50-54-60(65)66-55-51-47-43-39-35-31-28-25-22-20-21-23-26-29-33-37-41-45-49-53-59(64)61-57(56-62)58(63)52-48-44-40-36-32-16-14-12-10-8-6-4-2/h13,15,18-19,25,28,31,35,57-58,62-63H,3-12,14,16-17,20-24,26-27,29-30,32-34,36-56H2,1-2H3,(H,61,64)/b15-13-,19-18-,28-25-,35-31-. The number of hydrogen-bond donors (Lipinski definition) is 3. The quantitative estimate of drug-likeness (QED) is 0.0244. The summed E-state index contributed by atoms with van der Waals surface area (Å²) in [6.07, 6.45) is 69.6. The van der Waals surface area contributed by atoms with Crippen LogP contribution in [0.3, 0.4) is 0 Å². The summed E-state index contributed by atoms with van der Waals surface area (Å²) in [7, 11) is 0. The number of hydrogen-bond acceptors (Lipinski definition) is 5. The smallest absolute Gasteiger partial charge is 0.305 e. The maximum atomic E-state index is 12.4. The lowest BCUT2D eigenvalue weighted by atomic mass is 10.0. The molecule has 0 fully saturated rings. The summed E-state index contributed by atoms with van der Waals surface area (Å²) in [5.41, 5.74) is 0. The number of aliphatic hydroxyl groups excluding tert-OH is 2. The van der Waals surface area contributed by atoms with E-state index in [1.807, 2.05) is 0 Å². The fourth-order valence-corrected chi connectivity index (χ4v) is 8.66. The van der Waals surface area contributed by atoms with Crippen LogP contribution in [0, 0.1) is 0 Å². The molecule has 6 heteroatoms. The molecule has 0 aromatic heterocycles. The third kappa shape index (κ3) is 51.2. The third-order valence-electron chi connectivity index (χ3n) is 13.1. The highest BCUT2D eigenvalue weighted by Gasteiger charge is 2.20. The Kier molecular flexibility index (Phi) is 53.6. The number of nitrogens with one attached hydrogen (secondary N) is 1. The molecule has 0 saturated heterocycles. The minimum atomic E-state index is -0.671. The molecule has 0 aliphatic carbocycles. The molecule has 0 bridgehead atoms. The van der Waals surface area contributed by atoms with Gasteiger partial charge in [-0.05, 0) is 89.9 Å². The van der Waals surface area contributed by atoms with E-state index < -0.39 is 12.1 Å². The van der Waals surface area contributed by atoms with E-state index in [2.05, 4.69) is 67.8 Å². The second-order valence-electron chi connectivity index (χ2n) is 19.6. The van der Waals surface area contributed by atoms with Crippen molar-refractivity contribution in [1.29, 1.82) is 0 Å². The van der Waals surface area contributed by atoms with Crippen LogP contribution in [0.4, 0.5) is 0 Å². The van der Waals surface area contributed by atoms with Gasteiger partial charge < -0.3 is 20.3 Å². The summed E-state index contributed by atoms with van der Waals surface area (Å²) in [6, 6.07) is -0.549. The normalized spacial score (nSPS) is 13.0. The lowest BCUT2D eigenvalue weighted by Crippen LogP contribution is -2.45. The van der Waals surface area contributed by atoms with Gasteiger partial charge in [-0.3, -0.25) is 9.59 Å². The second-order valence-corrected chi connectivity index (χ2v) is 19.6. The Hall–Kier alpha value is -2.18. The van der Waals surface area contributed by atoms with Gasteiger partial charge in [0.15, 0.2) is 0 Å². The van der Waals surface area contributed by atoms with Gasteiger partial charge in [0.1, 0.15) is 0 Å². The maximum Gasteiger partial charge on any atom is 0.305 e. The van der Waals surface area contributed by atoms with Gasteiger partial charge in [0.2, 0.25) is 5.91 Å². The van der Waals surface area contributed by atoms with Crippen LogP contribution in [0.2, 0.25) is 0 Å². The predicted octanol–water partition coefficient (Wildman–Crippen LogP) is 17.8. The lowest BCUT2D eigenvalue weighted by molar-refractivity contribution is -0.143. The highest BCUT2D eigenvalue weighted by Crippen LogP contribution is 2.16. The predicted molar refractivity (Wildman–Crippen MR) is 287 cm³/mol. The van der Waals surface area contributed by atoms with Crippen molar-refractivity contribution in [2.24, 2.45) is 0 Å². The highest BCUT2D eigenvalue weighted by molar-refractivity contribution is 5.76.